The highest BCUT2D eigenvalue weighted by Crippen LogP contribution is 2.45. The first-order valence-electron chi connectivity index (χ1n) is 12.5. The molecule has 2 N–H and O–H groups in total. The lowest BCUT2D eigenvalue weighted by Gasteiger charge is -2.35. The number of aromatic carboxylic acids is 1. The topological polar surface area (TPSA) is 70.0 Å². The van der Waals surface area contributed by atoms with E-state index in [4.69, 9.17) is 4.74 Å². The fraction of sp³-hybridized carbons (Fsp3) is 0.464. The van der Waals surface area contributed by atoms with Gasteiger partial charge in [-0.15, -0.1) is 11.3 Å². The van der Waals surface area contributed by atoms with Crippen molar-refractivity contribution in [1.29, 1.82) is 0 Å². The van der Waals surface area contributed by atoms with Gasteiger partial charge in [-0.3, -0.25) is 0 Å². The van der Waals surface area contributed by atoms with Gasteiger partial charge in [-0.25, -0.2) is 4.79 Å². The van der Waals surface area contributed by atoms with Gasteiger partial charge in [0.15, 0.2) is 0 Å². The fourth-order valence-electron chi connectivity index (χ4n) is 4.60. The van der Waals surface area contributed by atoms with E-state index in [0.717, 1.165) is 65.7 Å². The second-order valence-electron chi connectivity index (χ2n) is 10.4. The molecule has 0 amide bonds. The molecule has 2 aliphatic heterocycles. The van der Waals surface area contributed by atoms with Crippen molar-refractivity contribution in [2.75, 3.05) is 52.3 Å². The molecule has 0 atom stereocenters. The van der Waals surface area contributed by atoms with E-state index in [1.807, 2.05) is 29.1 Å². The summed E-state index contributed by atoms with van der Waals surface area (Å²) in [7, 11) is 5.83. The molecular weight excluding hydrogens is 472 g/mol. The third kappa shape index (κ3) is 5.45. The molecule has 0 unspecified atom stereocenters. The van der Waals surface area contributed by atoms with Crippen molar-refractivity contribution in [1.82, 2.24) is 14.8 Å². The Morgan fingerprint density at radius 2 is 1.78 bits per heavy atom. The minimum absolute atomic E-state index is 0.292. The number of hydrogen-bond donors (Lipinski definition) is 2. The molecular formula is C28H38N4O3S. The monoisotopic (exact) mass is 510 g/mol. The number of rotatable bonds is 4. The quantitative estimate of drug-likeness (QED) is 0.520. The fourth-order valence-corrected chi connectivity index (χ4v) is 5.34. The van der Waals surface area contributed by atoms with Gasteiger partial charge >= 0.3 is 5.97 Å². The van der Waals surface area contributed by atoms with Crippen molar-refractivity contribution in [2.24, 2.45) is 0 Å². The number of piperazine rings is 1. The number of likely N-dealkylation sites (N-methyl/N-ethyl adjacent to an activating group) is 1. The highest BCUT2D eigenvalue weighted by atomic mass is 32.1. The summed E-state index contributed by atoms with van der Waals surface area (Å²) in [6.45, 7) is 11.0. The summed E-state index contributed by atoms with van der Waals surface area (Å²) >= 11 is 1.64. The lowest BCUT2D eigenvalue weighted by atomic mass is 9.94. The Balaban J connectivity index is 0.000000455. The van der Waals surface area contributed by atoms with E-state index in [1.165, 1.54) is 5.56 Å². The first-order chi connectivity index (χ1) is 17.1. The zero-order valence-corrected chi connectivity index (χ0v) is 23.0. The summed E-state index contributed by atoms with van der Waals surface area (Å²) in [6.07, 6.45) is 0.792. The number of carboxylic acid groups (broad SMARTS) is 1. The first kappa shape index (κ1) is 26.3. The van der Waals surface area contributed by atoms with Gasteiger partial charge in [0.05, 0.1) is 18.5 Å². The summed E-state index contributed by atoms with van der Waals surface area (Å²) in [5, 5.41) is 15.0. The maximum Gasteiger partial charge on any atom is 0.352 e. The van der Waals surface area contributed by atoms with Crippen molar-refractivity contribution in [3.8, 4) is 27.4 Å². The van der Waals surface area contributed by atoms with Gasteiger partial charge in [-0.2, -0.15) is 0 Å². The Bertz CT molecular complexity index is 1200. The van der Waals surface area contributed by atoms with Crippen LogP contribution < -0.4 is 15.0 Å². The number of methoxy groups -OCH3 is 1. The van der Waals surface area contributed by atoms with Crippen LogP contribution in [0.5, 0.6) is 5.75 Å². The average Bonchev–Trinajstić information content (AvgIpc) is 3.52. The predicted octanol–water partition coefficient (Wildman–Crippen LogP) is 4.90. The number of carboxylic acids is 1. The number of ether oxygens (including phenoxy) is 1. The average molecular weight is 511 g/mol. The second kappa shape index (κ2) is 10.7. The molecule has 1 fully saturated rings. The molecule has 2 aliphatic rings. The van der Waals surface area contributed by atoms with Crippen LogP contribution in [-0.2, 0) is 13.0 Å². The van der Waals surface area contributed by atoms with E-state index in [1.54, 1.807) is 18.4 Å². The minimum atomic E-state index is -0.879. The van der Waals surface area contributed by atoms with Crippen LogP contribution in [0.15, 0.2) is 35.7 Å². The van der Waals surface area contributed by atoms with Gasteiger partial charge in [0.1, 0.15) is 11.4 Å². The van der Waals surface area contributed by atoms with E-state index < -0.39 is 5.97 Å². The second-order valence-corrected chi connectivity index (χ2v) is 11.4. The zero-order valence-electron chi connectivity index (χ0n) is 22.2. The predicted molar refractivity (Wildman–Crippen MR) is 149 cm³/mol. The van der Waals surface area contributed by atoms with E-state index in [-0.39, 0.29) is 0 Å². The Morgan fingerprint density at radius 1 is 1.08 bits per heavy atom. The number of benzene rings is 1. The maximum atomic E-state index is 12.0. The Kier molecular flexibility index (Phi) is 7.78. The third-order valence-corrected chi connectivity index (χ3v) is 7.86. The number of carbonyl (C=O) groups is 1. The third-order valence-electron chi connectivity index (χ3n) is 6.96. The molecule has 2 aromatic heterocycles. The maximum absolute atomic E-state index is 12.0. The van der Waals surface area contributed by atoms with Crippen LogP contribution in [0.4, 0.5) is 5.69 Å². The standard InChI is InChI=1S/C23H25N3O3S.C5H13N/c1-24-7-9-25(10-8-24)18-13-16-15(12-20(18)29-2)5-6-26-19(23(27)28)14-17(22(16)26)21-4-3-11-30-21;1-5(2,3)6-4/h3-4,11-14H,5-10H2,1-2H3,(H,27,28);6H,1-4H3. The number of nitrogens with one attached hydrogen (secondary N) is 1. The van der Waals surface area contributed by atoms with Crippen LogP contribution in [0, 0.1) is 0 Å². The Morgan fingerprint density at radius 3 is 2.33 bits per heavy atom. The van der Waals surface area contributed by atoms with Crippen molar-refractivity contribution in [3.05, 3.63) is 47.0 Å². The number of aryl methyl sites for hydroxylation is 1. The van der Waals surface area contributed by atoms with Crippen LogP contribution in [0.25, 0.3) is 21.7 Å². The molecule has 0 radical (unpaired) electrons. The molecule has 0 spiro atoms. The molecule has 4 heterocycles. The highest BCUT2D eigenvalue weighted by Gasteiger charge is 2.29. The van der Waals surface area contributed by atoms with Crippen LogP contribution in [-0.4, -0.2) is 73.5 Å². The molecule has 1 saturated heterocycles. The molecule has 7 nitrogen and oxygen atoms in total. The summed E-state index contributed by atoms with van der Waals surface area (Å²) < 4.78 is 7.74. The van der Waals surface area contributed by atoms with E-state index in [0.29, 0.717) is 17.8 Å². The van der Waals surface area contributed by atoms with Gasteiger partial charge in [-0.05, 0) is 76.5 Å². The van der Waals surface area contributed by atoms with E-state index >= 15 is 0 Å². The lowest BCUT2D eigenvalue weighted by molar-refractivity contribution is 0.0685. The van der Waals surface area contributed by atoms with Crippen molar-refractivity contribution in [3.63, 3.8) is 0 Å². The molecule has 0 bridgehead atoms. The molecule has 5 rings (SSSR count). The summed E-state index contributed by atoms with van der Waals surface area (Å²) in [5.41, 5.74) is 6.08. The van der Waals surface area contributed by atoms with Crippen molar-refractivity contribution in [2.45, 2.75) is 39.3 Å². The van der Waals surface area contributed by atoms with Gasteiger partial charge in [0.25, 0.3) is 0 Å². The van der Waals surface area contributed by atoms with Gasteiger partial charge in [0, 0.05) is 54.3 Å². The minimum Gasteiger partial charge on any atom is -0.495 e. The number of aromatic nitrogens is 1. The molecule has 3 aromatic rings. The zero-order chi connectivity index (χ0) is 26.0. The summed E-state index contributed by atoms with van der Waals surface area (Å²) in [5.74, 6) is 0.0183. The number of thiophene rings is 1. The molecule has 36 heavy (non-hydrogen) atoms. The number of fused-ring (bicyclic) bond motifs is 3. The number of anilines is 1. The molecule has 0 aliphatic carbocycles. The van der Waals surface area contributed by atoms with Gasteiger partial charge in [0.2, 0.25) is 0 Å². The van der Waals surface area contributed by atoms with Gasteiger partial charge in [-0.1, -0.05) is 6.07 Å². The van der Waals surface area contributed by atoms with Crippen LogP contribution in [0.2, 0.25) is 0 Å². The lowest BCUT2D eigenvalue weighted by Crippen LogP contribution is -2.44. The summed E-state index contributed by atoms with van der Waals surface area (Å²) in [4.78, 5) is 17.8. The van der Waals surface area contributed by atoms with Crippen LogP contribution >= 0.6 is 11.3 Å². The Labute approximate surface area is 218 Å². The molecule has 1 aromatic carbocycles. The summed E-state index contributed by atoms with van der Waals surface area (Å²) in [6, 6.07) is 10.3. The smallest absolute Gasteiger partial charge is 0.352 e. The highest BCUT2D eigenvalue weighted by molar-refractivity contribution is 7.13. The first-order valence-corrected chi connectivity index (χ1v) is 13.3. The van der Waals surface area contributed by atoms with Crippen molar-refractivity contribution < 1.29 is 14.6 Å². The van der Waals surface area contributed by atoms with Crippen molar-refractivity contribution >= 4 is 23.0 Å². The molecule has 8 heteroatoms. The molecule has 0 saturated carbocycles. The normalized spacial score (nSPS) is 15.6. The Hall–Kier alpha value is -2.81. The van der Waals surface area contributed by atoms with Crippen LogP contribution in [0.1, 0.15) is 36.8 Å². The number of hydrogen-bond acceptors (Lipinski definition) is 6. The largest absolute Gasteiger partial charge is 0.495 e. The van der Waals surface area contributed by atoms with Crippen LogP contribution in [0.3, 0.4) is 0 Å². The van der Waals surface area contributed by atoms with E-state index in [2.05, 4.69) is 61.1 Å². The SMILES string of the molecule is CNC(C)(C)C.COc1cc2c(cc1N1CCN(C)CC1)-c1c(-c3cccs3)cc(C(=O)O)n1CC2. The van der Waals surface area contributed by atoms with Gasteiger partial charge < -0.3 is 29.5 Å². The number of nitrogens with zero attached hydrogens (tertiary/aromatic N) is 3. The van der Waals surface area contributed by atoms with E-state index in [9.17, 15) is 9.90 Å². The molecule has 194 valence electrons.